The van der Waals surface area contributed by atoms with Crippen molar-refractivity contribution in [1.82, 2.24) is 4.57 Å². The van der Waals surface area contributed by atoms with Gasteiger partial charge in [0.25, 0.3) is 5.56 Å². The van der Waals surface area contributed by atoms with E-state index in [0.717, 1.165) is 5.56 Å². The molecule has 176 valence electrons. The van der Waals surface area contributed by atoms with Crippen molar-refractivity contribution in [3.63, 3.8) is 0 Å². The number of hydrogen-bond acceptors (Lipinski definition) is 6. The third-order valence-corrected chi connectivity index (χ3v) is 7.03. The van der Waals surface area contributed by atoms with E-state index < -0.39 is 12.0 Å². The maximum absolute atomic E-state index is 13.7. The minimum Gasteiger partial charge on any atom is -0.496 e. The largest absolute Gasteiger partial charge is 0.496 e. The van der Waals surface area contributed by atoms with Crippen molar-refractivity contribution < 1.29 is 14.3 Å². The average molecular weight is 497 g/mol. The first-order valence-corrected chi connectivity index (χ1v) is 12.0. The second-order valence-corrected chi connectivity index (χ2v) is 9.73. The number of methoxy groups -OCH3 is 2. The molecule has 1 aliphatic heterocycles. The summed E-state index contributed by atoms with van der Waals surface area (Å²) in [6.45, 7) is 6.01. The molecule has 0 saturated heterocycles. The van der Waals surface area contributed by atoms with E-state index >= 15 is 0 Å². The standard InChI is InChI=1S/C26H25ClN2O4S/c1-14(2)17-8-6-16(7-9-17)12-21-24(30)29-23(19-13-18(27)10-11-20(19)32-4)22(25(31)33-5)15(3)28-26(29)34-21/h6-14,23H,1-5H3/b21-12-/t23-/m0/s1. The summed E-state index contributed by atoms with van der Waals surface area (Å²) in [6, 6.07) is 12.4. The lowest BCUT2D eigenvalue weighted by atomic mass is 9.95. The lowest BCUT2D eigenvalue weighted by molar-refractivity contribution is -0.136. The van der Waals surface area contributed by atoms with Crippen molar-refractivity contribution in [3.8, 4) is 5.75 Å². The molecule has 1 atom stereocenters. The van der Waals surface area contributed by atoms with Gasteiger partial charge in [-0.25, -0.2) is 9.79 Å². The molecule has 0 aliphatic carbocycles. The lowest BCUT2D eigenvalue weighted by Gasteiger charge is -2.25. The van der Waals surface area contributed by atoms with Gasteiger partial charge in [-0.3, -0.25) is 9.36 Å². The van der Waals surface area contributed by atoms with Gasteiger partial charge in [0.05, 0.1) is 30.0 Å². The molecule has 0 amide bonds. The molecule has 0 saturated carbocycles. The highest BCUT2D eigenvalue weighted by Crippen LogP contribution is 2.37. The number of fused-ring (bicyclic) bond motifs is 1. The third-order valence-electron chi connectivity index (χ3n) is 5.81. The van der Waals surface area contributed by atoms with Crippen LogP contribution in [-0.2, 0) is 9.53 Å². The number of benzene rings is 2. The Hall–Kier alpha value is -3.16. The number of nitrogens with zero attached hydrogens (tertiary/aromatic N) is 2. The maximum Gasteiger partial charge on any atom is 0.338 e. The van der Waals surface area contributed by atoms with Crippen LogP contribution in [0.1, 0.15) is 49.4 Å². The molecule has 0 spiro atoms. The molecule has 0 fully saturated rings. The van der Waals surface area contributed by atoms with Gasteiger partial charge in [-0.1, -0.05) is 61.1 Å². The predicted octanol–water partition coefficient (Wildman–Crippen LogP) is 4.19. The fourth-order valence-electron chi connectivity index (χ4n) is 4.03. The van der Waals surface area contributed by atoms with Gasteiger partial charge in [0.15, 0.2) is 4.80 Å². The smallest absolute Gasteiger partial charge is 0.338 e. The van der Waals surface area contributed by atoms with Crippen molar-refractivity contribution in [3.05, 3.63) is 95.1 Å². The summed E-state index contributed by atoms with van der Waals surface area (Å²) in [5.41, 5.74) is 3.22. The van der Waals surface area contributed by atoms with E-state index in [1.807, 2.05) is 18.2 Å². The molecule has 2 aromatic carbocycles. The Kier molecular flexibility index (Phi) is 6.77. The minimum absolute atomic E-state index is 0.252. The molecule has 1 aromatic heterocycles. The number of aromatic nitrogens is 1. The molecular formula is C26H25ClN2O4S. The number of hydrogen-bond donors (Lipinski definition) is 0. The highest BCUT2D eigenvalue weighted by Gasteiger charge is 2.35. The van der Waals surface area contributed by atoms with E-state index in [1.165, 1.54) is 35.7 Å². The molecule has 0 N–H and O–H groups in total. The molecule has 3 aromatic rings. The summed E-state index contributed by atoms with van der Waals surface area (Å²) < 4.78 is 12.6. The molecule has 1 aliphatic rings. The van der Waals surface area contributed by atoms with Crippen molar-refractivity contribution in [1.29, 1.82) is 0 Å². The van der Waals surface area contributed by atoms with Crippen LogP contribution in [0.5, 0.6) is 5.75 Å². The monoisotopic (exact) mass is 496 g/mol. The molecule has 0 radical (unpaired) electrons. The zero-order chi connectivity index (χ0) is 24.6. The Morgan fingerprint density at radius 2 is 1.88 bits per heavy atom. The van der Waals surface area contributed by atoms with Crippen LogP contribution in [0.3, 0.4) is 0 Å². The molecule has 0 bridgehead atoms. The second-order valence-electron chi connectivity index (χ2n) is 8.28. The fourth-order valence-corrected chi connectivity index (χ4v) is 5.26. The number of esters is 1. The van der Waals surface area contributed by atoms with Crippen LogP contribution in [0.4, 0.5) is 0 Å². The van der Waals surface area contributed by atoms with E-state index in [2.05, 4.69) is 31.0 Å². The zero-order valence-electron chi connectivity index (χ0n) is 19.6. The average Bonchev–Trinajstić information content (AvgIpc) is 3.12. The lowest BCUT2D eigenvalue weighted by Crippen LogP contribution is -2.40. The molecule has 34 heavy (non-hydrogen) atoms. The van der Waals surface area contributed by atoms with Crippen LogP contribution in [0.15, 0.2) is 63.5 Å². The number of rotatable bonds is 5. The SMILES string of the molecule is COC(=O)C1=C(C)N=c2s/c(=C\c3ccc(C(C)C)cc3)c(=O)n2[C@H]1c1cc(Cl)ccc1OC. The number of halogens is 1. The molecular weight excluding hydrogens is 472 g/mol. The van der Waals surface area contributed by atoms with Gasteiger partial charge in [0.2, 0.25) is 0 Å². The third kappa shape index (κ3) is 4.33. The topological polar surface area (TPSA) is 69.9 Å². The van der Waals surface area contributed by atoms with E-state index in [4.69, 9.17) is 21.1 Å². The first kappa shape index (κ1) is 24.0. The van der Waals surface area contributed by atoms with Crippen molar-refractivity contribution >= 4 is 35.0 Å². The highest BCUT2D eigenvalue weighted by atomic mass is 35.5. The normalized spacial score (nSPS) is 15.9. The van der Waals surface area contributed by atoms with Crippen molar-refractivity contribution in [2.24, 2.45) is 4.99 Å². The van der Waals surface area contributed by atoms with Crippen molar-refractivity contribution in [2.75, 3.05) is 14.2 Å². The number of ether oxygens (including phenoxy) is 2. The van der Waals surface area contributed by atoms with Crippen LogP contribution in [0.25, 0.3) is 6.08 Å². The van der Waals surface area contributed by atoms with Crippen LogP contribution < -0.4 is 19.6 Å². The summed E-state index contributed by atoms with van der Waals surface area (Å²) in [6.07, 6.45) is 1.84. The number of carbonyl (C=O) groups excluding carboxylic acids is 1. The van der Waals surface area contributed by atoms with Crippen molar-refractivity contribution in [2.45, 2.75) is 32.7 Å². The predicted molar refractivity (Wildman–Crippen MR) is 134 cm³/mol. The Balaban J connectivity index is 1.96. The molecule has 2 heterocycles. The molecule has 0 unspecified atom stereocenters. The van der Waals surface area contributed by atoms with E-state index in [1.54, 1.807) is 25.1 Å². The van der Waals surface area contributed by atoms with Gasteiger partial charge in [-0.2, -0.15) is 0 Å². The van der Waals surface area contributed by atoms with E-state index in [9.17, 15) is 9.59 Å². The summed E-state index contributed by atoms with van der Waals surface area (Å²) >= 11 is 7.58. The zero-order valence-corrected chi connectivity index (χ0v) is 21.2. The van der Waals surface area contributed by atoms with Gasteiger partial charge in [0.1, 0.15) is 11.8 Å². The van der Waals surface area contributed by atoms with E-state index in [0.29, 0.717) is 37.3 Å². The number of allylic oxidation sites excluding steroid dienone is 1. The molecule has 6 nitrogen and oxygen atoms in total. The van der Waals surface area contributed by atoms with Gasteiger partial charge in [-0.15, -0.1) is 0 Å². The van der Waals surface area contributed by atoms with Crippen LogP contribution in [0.2, 0.25) is 5.02 Å². The number of thiazole rings is 1. The fraction of sp³-hybridized carbons (Fsp3) is 0.269. The highest BCUT2D eigenvalue weighted by molar-refractivity contribution is 7.07. The Morgan fingerprint density at radius 3 is 2.50 bits per heavy atom. The van der Waals surface area contributed by atoms with Crippen LogP contribution in [-0.4, -0.2) is 24.8 Å². The van der Waals surface area contributed by atoms with Crippen LogP contribution in [0, 0.1) is 0 Å². The van der Waals surface area contributed by atoms with Gasteiger partial charge < -0.3 is 9.47 Å². The van der Waals surface area contributed by atoms with Gasteiger partial charge in [-0.05, 0) is 48.2 Å². The summed E-state index contributed by atoms with van der Waals surface area (Å²) in [5.74, 6) is 0.364. The molecule has 8 heteroatoms. The Morgan fingerprint density at radius 1 is 1.18 bits per heavy atom. The minimum atomic E-state index is -0.789. The quantitative estimate of drug-likeness (QED) is 0.496. The second kappa shape index (κ2) is 9.60. The summed E-state index contributed by atoms with van der Waals surface area (Å²) in [5, 5.41) is 0.460. The number of carbonyl (C=O) groups is 1. The van der Waals surface area contributed by atoms with Crippen LogP contribution >= 0.6 is 22.9 Å². The van der Waals surface area contributed by atoms with Gasteiger partial charge >= 0.3 is 5.97 Å². The first-order chi connectivity index (χ1) is 16.2. The van der Waals surface area contributed by atoms with E-state index in [-0.39, 0.29) is 11.1 Å². The first-order valence-electron chi connectivity index (χ1n) is 10.8. The summed E-state index contributed by atoms with van der Waals surface area (Å²) in [7, 11) is 2.84. The Labute approximate surface area is 206 Å². The Bertz CT molecular complexity index is 1470. The molecule has 4 rings (SSSR count). The van der Waals surface area contributed by atoms with Gasteiger partial charge in [0, 0.05) is 10.6 Å². The maximum atomic E-state index is 13.7. The summed E-state index contributed by atoms with van der Waals surface area (Å²) in [4.78, 5) is 31.5.